The molecule has 0 N–H and O–H groups in total. The summed E-state index contributed by atoms with van der Waals surface area (Å²) in [6.07, 6.45) is 2.12. The summed E-state index contributed by atoms with van der Waals surface area (Å²) in [5.41, 5.74) is 0.721. The molecule has 74 valence electrons. The molecule has 2 aromatic heterocycles. The van der Waals surface area contributed by atoms with Crippen molar-refractivity contribution in [3.63, 3.8) is 0 Å². The van der Waals surface area contributed by atoms with E-state index in [4.69, 9.17) is 20.5 Å². The molecular weight excluding hydrogens is 206 g/mol. The van der Waals surface area contributed by atoms with Crippen LogP contribution in [0.4, 0.5) is 0 Å². The van der Waals surface area contributed by atoms with Gasteiger partial charge in [-0.1, -0.05) is 5.16 Å². The third-order valence-electron chi connectivity index (χ3n) is 1.76. The number of hydrogen-bond acceptors (Lipinski definition) is 5. The molecule has 6 heteroatoms. The standard InChI is InChI=1S/C8H8ClN3O2/c1-5-6(4-10-14-5)8-12-11-7(13-8)2-3-9/h4H,2-3H2,1H3. The van der Waals surface area contributed by atoms with Gasteiger partial charge in [-0.05, 0) is 6.92 Å². The molecule has 2 aromatic rings. The Labute approximate surface area is 85.1 Å². The Balaban J connectivity index is 2.29. The molecule has 0 fully saturated rings. The lowest BCUT2D eigenvalue weighted by molar-refractivity contribution is 0.397. The van der Waals surface area contributed by atoms with Gasteiger partial charge < -0.3 is 8.94 Å². The van der Waals surface area contributed by atoms with E-state index in [9.17, 15) is 0 Å². The van der Waals surface area contributed by atoms with E-state index in [0.717, 1.165) is 5.56 Å². The van der Waals surface area contributed by atoms with Crippen molar-refractivity contribution >= 4 is 11.6 Å². The lowest BCUT2D eigenvalue weighted by atomic mass is 10.3. The molecule has 14 heavy (non-hydrogen) atoms. The number of alkyl halides is 1. The van der Waals surface area contributed by atoms with Gasteiger partial charge in [-0.2, -0.15) is 0 Å². The van der Waals surface area contributed by atoms with Gasteiger partial charge in [-0.15, -0.1) is 21.8 Å². The van der Waals surface area contributed by atoms with Crippen LogP contribution in [-0.2, 0) is 6.42 Å². The predicted molar refractivity (Wildman–Crippen MR) is 49.0 cm³/mol. The second-order valence-electron chi connectivity index (χ2n) is 2.74. The van der Waals surface area contributed by atoms with Crippen molar-refractivity contribution in [2.45, 2.75) is 13.3 Å². The van der Waals surface area contributed by atoms with Gasteiger partial charge in [0.1, 0.15) is 11.3 Å². The Morgan fingerprint density at radius 2 is 2.29 bits per heavy atom. The van der Waals surface area contributed by atoms with Gasteiger partial charge in [-0.25, -0.2) is 0 Å². The highest BCUT2D eigenvalue weighted by atomic mass is 35.5. The van der Waals surface area contributed by atoms with E-state index in [2.05, 4.69) is 15.4 Å². The lowest BCUT2D eigenvalue weighted by Gasteiger charge is -1.87. The second kappa shape index (κ2) is 3.79. The van der Waals surface area contributed by atoms with Crippen molar-refractivity contribution in [2.75, 3.05) is 5.88 Å². The third kappa shape index (κ3) is 1.63. The van der Waals surface area contributed by atoms with Crippen LogP contribution >= 0.6 is 11.6 Å². The Kier molecular flexibility index (Phi) is 2.49. The number of aryl methyl sites for hydroxylation is 2. The molecule has 0 atom stereocenters. The molecule has 0 aliphatic rings. The minimum atomic E-state index is 0.420. The van der Waals surface area contributed by atoms with Crippen molar-refractivity contribution in [1.29, 1.82) is 0 Å². The Morgan fingerprint density at radius 3 is 2.93 bits per heavy atom. The molecule has 0 saturated heterocycles. The lowest BCUT2D eigenvalue weighted by Crippen LogP contribution is -1.84. The van der Waals surface area contributed by atoms with Crippen molar-refractivity contribution in [3.05, 3.63) is 17.8 Å². The highest BCUT2D eigenvalue weighted by molar-refractivity contribution is 6.17. The van der Waals surface area contributed by atoms with Gasteiger partial charge in [0.2, 0.25) is 5.89 Å². The molecule has 2 heterocycles. The van der Waals surface area contributed by atoms with Crippen molar-refractivity contribution in [2.24, 2.45) is 0 Å². The van der Waals surface area contributed by atoms with Crippen LogP contribution in [0.5, 0.6) is 0 Å². The number of rotatable bonds is 3. The first-order chi connectivity index (χ1) is 6.81. The summed E-state index contributed by atoms with van der Waals surface area (Å²) in [7, 11) is 0. The van der Waals surface area contributed by atoms with Crippen LogP contribution in [0.3, 0.4) is 0 Å². The van der Waals surface area contributed by atoms with Gasteiger partial charge in [0.05, 0.1) is 6.20 Å². The molecule has 0 amide bonds. The highest BCUT2D eigenvalue weighted by Gasteiger charge is 2.13. The quantitative estimate of drug-likeness (QED) is 0.728. The maximum Gasteiger partial charge on any atom is 0.252 e. The second-order valence-corrected chi connectivity index (χ2v) is 3.11. The SMILES string of the molecule is Cc1oncc1-c1nnc(CCCl)o1. The maximum atomic E-state index is 5.54. The fourth-order valence-corrected chi connectivity index (χ4v) is 1.21. The number of aromatic nitrogens is 3. The smallest absolute Gasteiger partial charge is 0.252 e. The van der Waals surface area contributed by atoms with Crippen molar-refractivity contribution < 1.29 is 8.94 Å². The van der Waals surface area contributed by atoms with Crippen molar-refractivity contribution in [3.8, 4) is 11.5 Å². The summed E-state index contributed by atoms with van der Waals surface area (Å²) in [4.78, 5) is 0. The van der Waals surface area contributed by atoms with E-state index < -0.39 is 0 Å². The fourth-order valence-electron chi connectivity index (χ4n) is 1.05. The third-order valence-corrected chi connectivity index (χ3v) is 1.95. The van der Waals surface area contributed by atoms with E-state index in [1.807, 2.05) is 0 Å². The highest BCUT2D eigenvalue weighted by Crippen LogP contribution is 2.21. The summed E-state index contributed by atoms with van der Waals surface area (Å²) < 4.78 is 10.2. The first-order valence-corrected chi connectivity index (χ1v) is 4.64. The number of nitrogens with zero attached hydrogens (tertiary/aromatic N) is 3. The van der Waals surface area contributed by atoms with Gasteiger partial charge in [0.15, 0.2) is 0 Å². The normalized spacial score (nSPS) is 10.7. The van der Waals surface area contributed by atoms with Gasteiger partial charge in [0, 0.05) is 12.3 Å². The van der Waals surface area contributed by atoms with Crippen LogP contribution in [0.1, 0.15) is 11.7 Å². The molecule has 0 radical (unpaired) electrons. The van der Waals surface area contributed by atoms with Gasteiger partial charge in [-0.3, -0.25) is 0 Å². The topological polar surface area (TPSA) is 65.0 Å². The first-order valence-electron chi connectivity index (χ1n) is 4.11. The summed E-state index contributed by atoms with van der Waals surface area (Å²) in [5.74, 6) is 2.06. The van der Waals surface area contributed by atoms with Crippen LogP contribution in [0.2, 0.25) is 0 Å². The zero-order valence-electron chi connectivity index (χ0n) is 7.53. The summed E-state index contributed by atoms with van der Waals surface area (Å²) in [5, 5.41) is 11.3. The van der Waals surface area contributed by atoms with Crippen molar-refractivity contribution in [1.82, 2.24) is 15.4 Å². The molecule has 0 saturated carbocycles. The van der Waals surface area contributed by atoms with Crippen LogP contribution in [0.15, 0.2) is 15.1 Å². The van der Waals surface area contributed by atoms with Crippen LogP contribution in [0, 0.1) is 6.92 Å². The molecule has 0 unspecified atom stereocenters. The van der Waals surface area contributed by atoms with Crippen LogP contribution < -0.4 is 0 Å². The van der Waals surface area contributed by atoms with Gasteiger partial charge in [0.25, 0.3) is 5.89 Å². The van der Waals surface area contributed by atoms with E-state index in [-0.39, 0.29) is 0 Å². The fraction of sp³-hybridized carbons (Fsp3) is 0.375. The molecule has 2 rings (SSSR count). The van der Waals surface area contributed by atoms with E-state index >= 15 is 0 Å². The van der Waals surface area contributed by atoms with E-state index in [1.54, 1.807) is 13.1 Å². The van der Waals surface area contributed by atoms with Crippen LogP contribution in [0.25, 0.3) is 11.5 Å². The van der Waals surface area contributed by atoms with Crippen LogP contribution in [-0.4, -0.2) is 21.2 Å². The summed E-state index contributed by atoms with van der Waals surface area (Å²) >= 11 is 5.54. The minimum absolute atomic E-state index is 0.420. The Bertz CT molecular complexity index is 424. The average Bonchev–Trinajstić information content (AvgIpc) is 2.74. The summed E-state index contributed by atoms with van der Waals surface area (Å²) in [6, 6.07) is 0. The monoisotopic (exact) mass is 213 g/mol. The predicted octanol–water partition coefficient (Wildman–Crippen LogP) is 1.81. The largest absolute Gasteiger partial charge is 0.420 e. The van der Waals surface area contributed by atoms with E-state index in [1.165, 1.54) is 0 Å². The molecule has 0 spiro atoms. The Hall–Kier alpha value is -1.36. The summed E-state index contributed by atoms with van der Waals surface area (Å²) in [6.45, 7) is 1.79. The number of hydrogen-bond donors (Lipinski definition) is 0. The zero-order chi connectivity index (χ0) is 9.97. The zero-order valence-corrected chi connectivity index (χ0v) is 8.28. The maximum absolute atomic E-state index is 5.54. The van der Waals surface area contributed by atoms with Gasteiger partial charge >= 0.3 is 0 Å². The number of halogens is 1. The molecule has 0 aliphatic carbocycles. The molecule has 0 bridgehead atoms. The minimum Gasteiger partial charge on any atom is -0.420 e. The Morgan fingerprint density at radius 1 is 1.43 bits per heavy atom. The molecule has 5 nitrogen and oxygen atoms in total. The molecular formula is C8H8ClN3O2. The molecule has 0 aliphatic heterocycles. The molecule has 0 aromatic carbocycles. The average molecular weight is 214 g/mol. The first kappa shape index (κ1) is 9.21. The van der Waals surface area contributed by atoms with E-state index in [0.29, 0.717) is 29.8 Å².